The number of ether oxygens (including phenoxy) is 1. The minimum absolute atomic E-state index is 0.800. The molecule has 1 aliphatic rings. The lowest BCUT2D eigenvalue weighted by molar-refractivity contribution is 0.0820. The van der Waals surface area contributed by atoms with Crippen molar-refractivity contribution < 1.29 is 32.7 Å². The first-order chi connectivity index (χ1) is 9.51. The van der Waals surface area contributed by atoms with E-state index in [-0.39, 0.29) is 0 Å². The van der Waals surface area contributed by atoms with E-state index in [9.17, 15) is 0 Å². The smallest absolute Gasteiger partial charge is 0.402 e. The summed E-state index contributed by atoms with van der Waals surface area (Å²) < 4.78 is 24.6. The number of rotatable bonds is 5. The largest absolute Gasteiger partial charge is 0.633 e. The second-order valence-corrected chi connectivity index (χ2v) is 6.71. The fourth-order valence-corrected chi connectivity index (χ4v) is 3.45. The van der Waals surface area contributed by atoms with Crippen molar-refractivity contribution >= 4 is 16.1 Å². The van der Waals surface area contributed by atoms with E-state index < -0.39 is 16.1 Å². The minimum atomic E-state index is -2.13. The van der Waals surface area contributed by atoms with Crippen LogP contribution in [0.5, 0.6) is 0 Å². The van der Waals surface area contributed by atoms with Crippen LogP contribution in [-0.2, 0) is 22.7 Å². The molecule has 0 aromatic carbocycles. The van der Waals surface area contributed by atoms with Crippen molar-refractivity contribution in [1.82, 2.24) is 0 Å². The second-order valence-electron chi connectivity index (χ2n) is 3.74. The molecule has 0 spiro atoms. The Bertz CT molecular complexity index is 184. The maximum Gasteiger partial charge on any atom is 0.633 e. The minimum Gasteiger partial charge on any atom is -0.402 e. The van der Waals surface area contributed by atoms with Crippen molar-refractivity contribution in [2.75, 3.05) is 41.2 Å². The maximum atomic E-state index is 7.69. The van der Waals surface area contributed by atoms with E-state index in [1.165, 1.54) is 13.5 Å². The average molecular weight is 312 g/mol. The highest BCUT2D eigenvalue weighted by molar-refractivity contribution is 6.60. The summed E-state index contributed by atoms with van der Waals surface area (Å²) >= 11 is 0. The van der Waals surface area contributed by atoms with Gasteiger partial charge in [-0.3, -0.25) is 0 Å². The standard InChI is InChI=1S/C6H14O3Si.C4H10O.CH5BO3/c1-7-10(8-2)6-4-3-5-9-10;1-3-5-4-2;1-5-2(3)4/h3-6H2,1-2H3;3-4H2,1-2H3;3-4H,1H3. The molecule has 0 bridgehead atoms. The molecule has 0 radical (unpaired) electrons. The van der Waals surface area contributed by atoms with Gasteiger partial charge in [-0.05, 0) is 26.7 Å². The van der Waals surface area contributed by atoms with Gasteiger partial charge in [-0.15, -0.1) is 0 Å². The van der Waals surface area contributed by atoms with Crippen LogP contribution < -0.4 is 0 Å². The molecule has 0 aromatic rings. The molecule has 0 unspecified atom stereocenters. The van der Waals surface area contributed by atoms with E-state index in [1.807, 2.05) is 13.8 Å². The molecule has 0 saturated carbocycles. The van der Waals surface area contributed by atoms with E-state index in [0.717, 1.165) is 32.3 Å². The molecule has 1 saturated heterocycles. The molecular formula is C11H29BO7Si. The Morgan fingerprint density at radius 1 is 1.05 bits per heavy atom. The lowest BCUT2D eigenvalue weighted by Crippen LogP contribution is -2.46. The first-order valence-electron chi connectivity index (χ1n) is 6.72. The molecule has 1 aliphatic heterocycles. The Hall–Kier alpha value is 0.00182. The second kappa shape index (κ2) is 15.4. The first kappa shape index (κ1) is 22.3. The van der Waals surface area contributed by atoms with Gasteiger partial charge in [0.05, 0.1) is 0 Å². The van der Waals surface area contributed by atoms with Gasteiger partial charge < -0.3 is 32.7 Å². The summed E-state index contributed by atoms with van der Waals surface area (Å²) in [7, 11) is 0.788. The van der Waals surface area contributed by atoms with Crippen LogP contribution in [0, 0.1) is 0 Å². The molecule has 0 atom stereocenters. The highest BCUT2D eigenvalue weighted by Crippen LogP contribution is 2.22. The van der Waals surface area contributed by atoms with Crippen LogP contribution in [0.25, 0.3) is 0 Å². The highest BCUT2D eigenvalue weighted by atomic mass is 28.4. The van der Waals surface area contributed by atoms with Crippen molar-refractivity contribution in [3.05, 3.63) is 0 Å². The van der Waals surface area contributed by atoms with Crippen LogP contribution in [0.15, 0.2) is 0 Å². The van der Waals surface area contributed by atoms with Gasteiger partial charge in [0.1, 0.15) is 0 Å². The number of hydrogen-bond donors (Lipinski definition) is 2. The lowest BCUT2D eigenvalue weighted by Gasteiger charge is -2.29. The summed E-state index contributed by atoms with van der Waals surface area (Å²) in [6.07, 6.45) is 2.31. The van der Waals surface area contributed by atoms with Crippen LogP contribution >= 0.6 is 0 Å². The molecule has 20 heavy (non-hydrogen) atoms. The molecule has 2 N–H and O–H groups in total. The maximum absolute atomic E-state index is 7.69. The van der Waals surface area contributed by atoms with E-state index >= 15 is 0 Å². The van der Waals surface area contributed by atoms with Crippen molar-refractivity contribution in [3.63, 3.8) is 0 Å². The van der Waals surface area contributed by atoms with Gasteiger partial charge in [-0.25, -0.2) is 0 Å². The van der Waals surface area contributed by atoms with Crippen LogP contribution in [0.4, 0.5) is 0 Å². The van der Waals surface area contributed by atoms with Crippen LogP contribution in [-0.4, -0.2) is 67.3 Å². The van der Waals surface area contributed by atoms with Gasteiger partial charge >= 0.3 is 16.1 Å². The fraction of sp³-hybridized carbons (Fsp3) is 1.00. The summed E-state index contributed by atoms with van der Waals surface area (Å²) in [5.74, 6) is 0. The topological polar surface area (TPSA) is 86.6 Å². The van der Waals surface area contributed by atoms with Crippen LogP contribution in [0.3, 0.4) is 0 Å². The fourth-order valence-electron chi connectivity index (χ4n) is 1.35. The molecular weight excluding hydrogens is 283 g/mol. The van der Waals surface area contributed by atoms with Crippen molar-refractivity contribution in [2.24, 2.45) is 0 Å². The van der Waals surface area contributed by atoms with Crippen molar-refractivity contribution in [1.29, 1.82) is 0 Å². The third kappa shape index (κ3) is 13.0. The zero-order valence-electron chi connectivity index (χ0n) is 13.3. The first-order valence-corrected chi connectivity index (χ1v) is 8.65. The normalized spacial score (nSPS) is 16.4. The predicted octanol–water partition coefficient (Wildman–Crippen LogP) is 0.674. The molecule has 7 nitrogen and oxygen atoms in total. The molecule has 1 heterocycles. The lowest BCUT2D eigenvalue weighted by atomic mass is 10.3. The van der Waals surface area contributed by atoms with Gasteiger partial charge in [0.25, 0.3) is 0 Å². The van der Waals surface area contributed by atoms with Crippen LogP contribution in [0.2, 0.25) is 6.04 Å². The van der Waals surface area contributed by atoms with Gasteiger partial charge in [0, 0.05) is 47.2 Å². The van der Waals surface area contributed by atoms with Gasteiger partial charge in [0.15, 0.2) is 0 Å². The monoisotopic (exact) mass is 312 g/mol. The van der Waals surface area contributed by atoms with Crippen molar-refractivity contribution in [3.8, 4) is 0 Å². The molecule has 122 valence electrons. The Morgan fingerprint density at radius 3 is 1.70 bits per heavy atom. The molecule has 1 rings (SSSR count). The van der Waals surface area contributed by atoms with E-state index in [2.05, 4.69) is 4.65 Å². The average Bonchev–Trinajstić information content (AvgIpc) is 2.50. The van der Waals surface area contributed by atoms with Gasteiger partial charge in [0.2, 0.25) is 0 Å². The SMILES string of the molecule is CCOCC.COB(O)O.CO[Si]1(OC)CCCCO1. The van der Waals surface area contributed by atoms with Crippen molar-refractivity contribution in [2.45, 2.75) is 32.7 Å². The van der Waals surface area contributed by atoms with E-state index in [4.69, 9.17) is 28.1 Å². The summed E-state index contributed by atoms with van der Waals surface area (Å²) in [4.78, 5) is 0. The quantitative estimate of drug-likeness (QED) is 0.722. The Labute approximate surface area is 123 Å². The van der Waals surface area contributed by atoms with Gasteiger partial charge in [-0.2, -0.15) is 0 Å². The number of hydrogen-bond acceptors (Lipinski definition) is 7. The zero-order valence-corrected chi connectivity index (χ0v) is 14.3. The highest BCUT2D eigenvalue weighted by Gasteiger charge is 2.40. The molecule has 9 heteroatoms. The van der Waals surface area contributed by atoms with Crippen LogP contribution in [0.1, 0.15) is 26.7 Å². The Kier molecular flexibility index (Phi) is 17.2. The third-order valence-corrected chi connectivity index (χ3v) is 5.29. The summed E-state index contributed by atoms with van der Waals surface area (Å²) in [5, 5.41) is 15.4. The molecule has 0 aliphatic carbocycles. The Balaban J connectivity index is 0. The Morgan fingerprint density at radius 2 is 1.55 bits per heavy atom. The predicted molar refractivity (Wildman–Crippen MR) is 79.1 cm³/mol. The molecule has 1 fully saturated rings. The summed E-state index contributed by atoms with van der Waals surface area (Å²) in [6, 6.07) is 0.972. The molecule has 0 amide bonds. The van der Waals surface area contributed by atoms with Gasteiger partial charge in [-0.1, -0.05) is 0 Å². The van der Waals surface area contributed by atoms with E-state index in [1.54, 1.807) is 14.2 Å². The summed E-state index contributed by atoms with van der Waals surface area (Å²) in [5.41, 5.74) is 0. The molecule has 0 aromatic heterocycles. The zero-order chi connectivity index (χ0) is 15.9. The third-order valence-electron chi connectivity index (χ3n) is 2.44. The summed E-state index contributed by atoms with van der Waals surface area (Å²) in [6.45, 7) is 6.47. The van der Waals surface area contributed by atoms with E-state index in [0.29, 0.717) is 0 Å².